The summed E-state index contributed by atoms with van der Waals surface area (Å²) in [6.45, 7) is 5.43. The minimum atomic E-state index is -0.595. The van der Waals surface area contributed by atoms with E-state index in [-0.39, 0.29) is 29.7 Å². The number of guanidine groups is 1. The molecule has 4 N–H and O–H groups in total. The maximum Gasteiger partial charge on any atom is 0.284 e. The standard InChI is InChI=1S/C20H23N5O3.HI/c1-3-22-20(24-11-16-8-9-17(28-16)18(21)26)23-10-15-12-27-19(25-15)14-6-4-13(2)5-7-14;/h4-9,12H,3,10-11H2,1-2H3,(H2,21,26)(H2,22,23,24);1H. The first-order valence-corrected chi connectivity index (χ1v) is 8.97. The first-order chi connectivity index (χ1) is 13.5. The van der Waals surface area contributed by atoms with Crippen molar-refractivity contribution in [2.45, 2.75) is 26.9 Å². The monoisotopic (exact) mass is 509 g/mol. The van der Waals surface area contributed by atoms with E-state index < -0.39 is 5.91 Å². The van der Waals surface area contributed by atoms with Gasteiger partial charge in [0.15, 0.2) is 11.7 Å². The molecule has 2 aromatic heterocycles. The van der Waals surface area contributed by atoms with Gasteiger partial charge in [-0.3, -0.25) is 4.79 Å². The van der Waals surface area contributed by atoms with E-state index in [9.17, 15) is 4.79 Å². The van der Waals surface area contributed by atoms with Crippen molar-refractivity contribution in [3.8, 4) is 11.5 Å². The number of aromatic nitrogens is 1. The van der Waals surface area contributed by atoms with Crippen molar-refractivity contribution in [2.75, 3.05) is 6.54 Å². The van der Waals surface area contributed by atoms with Crippen molar-refractivity contribution in [2.24, 2.45) is 10.7 Å². The molecule has 0 bridgehead atoms. The Morgan fingerprint density at radius 1 is 1.17 bits per heavy atom. The number of benzene rings is 1. The molecule has 0 aliphatic heterocycles. The van der Waals surface area contributed by atoms with Crippen LogP contribution in [0.15, 0.2) is 56.5 Å². The van der Waals surface area contributed by atoms with Gasteiger partial charge >= 0.3 is 0 Å². The number of hydrogen-bond acceptors (Lipinski definition) is 5. The minimum Gasteiger partial charge on any atom is -0.454 e. The third-order valence-corrected chi connectivity index (χ3v) is 3.93. The number of aliphatic imine (C=N–C) groups is 1. The molecule has 3 aromatic rings. The number of halogens is 1. The number of oxazole rings is 1. The normalized spacial score (nSPS) is 11.0. The molecule has 0 saturated carbocycles. The Bertz CT molecular complexity index is 963. The Hall–Kier alpha value is -2.82. The summed E-state index contributed by atoms with van der Waals surface area (Å²) in [5.41, 5.74) is 8.02. The van der Waals surface area contributed by atoms with E-state index in [0.29, 0.717) is 37.2 Å². The van der Waals surface area contributed by atoms with Crippen molar-refractivity contribution in [3.63, 3.8) is 0 Å². The molecule has 0 spiro atoms. The van der Waals surface area contributed by atoms with Crippen LogP contribution in [0.4, 0.5) is 0 Å². The molecule has 0 atom stereocenters. The second-order valence-corrected chi connectivity index (χ2v) is 6.19. The summed E-state index contributed by atoms with van der Waals surface area (Å²) >= 11 is 0. The van der Waals surface area contributed by atoms with Crippen LogP contribution in [0.3, 0.4) is 0 Å². The second-order valence-electron chi connectivity index (χ2n) is 6.19. The molecule has 2 heterocycles. The van der Waals surface area contributed by atoms with E-state index in [2.05, 4.69) is 20.6 Å². The van der Waals surface area contributed by atoms with Gasteiger partial charge in [-0.15, -0.1) is 24.0 Å². The first kappa shape index (κ1) is 22.5. The van der Waals surface area contributed by atoms with Crippen LogP contribution in [-0.2, 0) is 13.1 Å². The van der Waals surface area contributed by atoms with Crippen molar-refractivity contribution in [1.82, 2.24) is 15.6 Å². The zero-order valence-electron chi connectivity index (χ0n) is 16.3. The van der Waals surface area contributed by atoms with Crippen LogP contribution in [0, 0.1) is 6.92 Å². The van der Waals surface area contributed by atoms with Crippen LogP contribution in [0.25, 0.3) is 11.5 Å². The summed E-state index contributed by atoms with van der Waals surface area (Å²) in [4.78, 5) is 20.1. The Balaban J connectivity index is 0.00000300. The number of furan rings is 1. The highest BCUT2D eigenvalue weighted by Crippen LogP contribution is 2.19. The van der Waals surface area contributed by atoms with Gasteiger partial charge in [-0.1, -0.05) is 17.7 Å². The molecule has 1 aromatic carbocycles. The third-order valence-electron chi connectivity index (χ3n) is 3.93. The largest absolute Gasteiger partial charge is 0.454 e. The van der Waals surface area contributed by atoms with Crippen LogP contribution in [0.1, 0.15) is 34.5 Å². The van der Waals surface area contributed by atoms with Crippen molar-refractivity contribution in [3.05, 3.63) is 65.4 Å². The van der Waals surface area contributed by atoms with Gasteiger partial charge in [0.1, 0.15) is 17.7 Å². The molecule has 0 unspecified atom stereocenters. The minimum absolute atomic E-state index is 0. The lowest BCUT2D eigenvalue weighted by molar-refractivity contribution is 0.0972. The summed E-state index contributed by atoms with van der Waals surface area (Å²) < 4.78 is 10.9. The van der Waals surface area contributed by atoms with Crippen molar-refractivity contribution in [1.29, 1.82) is 0 Å². The summed E-state index contributed by atoms with van der Waals surface area (Å²) in [6, 6.07) is 11.2. The predicted molar refractivity (Wildman–Crippen MR) is 121 cm³/mol. The Kier molecular flexibility index (Phi) is 8.25. The predicted octanol–water partition coefficient (Wildman–Crippen LogP) is 3.22. The highest BCUT2D eigenvalue weighted by Gasteiger charge is 2.09. The highest BCUT2D eigenvalue weighted by atomic mass is 127. The van der Waals surface area contributed by atoms with Gasteiger partial charge in [0.2, 0.25) is 5.89 Å². The Morgan fingerprint density at radius 2 is 1.93 bits per heavy atom. The van der Waals surface area contributed by atoms with E-state index in [0.717, 1.165) is 11.3 Å². The van der Waals surface area contributed by atoms with E-state index in [4.69, 9.17) is 14.6 Å². The van der Waals surface area contributed by atoms with Crippen molar-refractivity contribution < 1.29 is 13.6 Å². The summed E-state index contributed by atoms with van der Waals surface area (Å²) in [5.74, 6) is 1.28. The van der Waals surface area contributed by atoms with Gasteiger partial charge in [0.05, 0.1) is 13.1 Å². The van der Waals surface area contributed by atoms with E-state index in [1.54, 1.807) is 18.4 Å². The number of rotatable bonds is 7. The fourth-order valence-corrected chi connectivity index (χ4v) is 2.49. The SMILES string of the molecule is CCNC(=NCc1coc(-c2ccc(C)cc2)n1)NCc1ccc(C(N)=O)o1.I. The number of aryl methyl sites for hydroxylation is 1. The topological polar surface area (TPSA) is 119 Å². The molecule has 0 fully saturated rings. The average molecular weight is 509 g/mol. The van der Waals surface area contributed by atoms with Crippen LogP contribution < -0.4 is 16.4 Å². The van der Waals surface area contributed by atoms with E-state index in [1.165, 1.54) is 5.56 Å². The average Bonchev–Trinajstić information content (AvgIpc) is 3.34. The van der Waals surface area contributed by atoms with E-state index >= 15 is 0 Å². The smallest absolute Gasteiger partial charge is 0.284 e. The molecule has 3 rings (SSSR count). The molecule has 1 amide bonds. The van der Waals surface area contributed by atoms with Crippen LogP contribution in [-0.4, -0.2) is 23.4 Å². The second kappa shape index (κ2) is 10.6. The van der Waals surface area contributed by atoms with Crippen LogP contribution >= 0.6 is 24.0 Å². The Morgan fingerprint density at radius 3 is 2.59 bits per heavy atom. The van der Waals surface area contributed by atoms with Crippen LogP contribution in [0.5, 0.6) is 0 Å². The number of hydrogen-bond donors (Lipinski definition) is 3. The molecule has 8 nitrogen and oxygen atoms in total. The van der Waals surface area contributed by atoms with Crippen molar-refractivity contribution >= 4 is 35.8 Å². The van der Waals surface area contributed by atoms with Gasteiger partial charge < -0.3 is 25.2 Å². The molecule has 29 heavy (non-hydrogen) atoms. The van der Waals surface area contributed by atoms with Crippen LogP contribution in [0.2, 0.25) is 0 Å². The lowest BCUT2D eigenvalue weighted by Crippen LogP contribution is -2.36. The number of carbonyl (C=O) groups is 1. The number of amides is 1. The molecule has 0 saturated heterocycles. The molecule has 0 aliphatic carbocycles. The fraction of sp³-hybridized carbons (Fsp3) is 0.250. The van der Waals surface area contributed by atoms with Gasteiger partial charge in [0, 0.05) is 12.1 Å². The number of nitrogens with zero attached hydrogens (tertiary/aromatic N) is 2. The van der Waals surface area contributed by atoms with Gasteiger partial charge in [-0.25, -0.2) is 9.98 Å². The molecule has 0 aliphatic rings. The third kappa shape index (κ3) is 6.34. The Labute approximate surface area is 186 Å². The van der Waals surface area contributed by atoms with Gasteiger partial charge in [0.25, 0.3) is 5.91 Å². The van der Waals surface area contributed by atoms with Gasteiger partial charge in [-0.2, -0.15) is 0 Å². The molecule has 154 valence electrons. The zero-order valence-corrected chi connectivity index (χ0v) is 18.6. The maximum absolute atomic E-state index is 11.1. The highest BCUT2D eigenvalue weighted by molar-refractivity contribution is 14.0. The number of nitrogens with one attached hydrogen (secondary N) is 2. The molecule has 9 heteroatoms. The fourth-order valence-electron chi connectivity index (χ4n) is 2.49. The number of carbonyl (C=O) groups excluding carboxylic acids is 1. The maximum atomic E-state index is 11.1. The number of nitrogens with two attached hydrogens (primary N) is 1. The lowest BCUT2D eigenvalue weighted by atomic mass is 10.1. The summed E-state index contributed by atoms with van der Waals surface area (Å²) in [5, 5.41) is 6.28. The zero-order chi connectivity index (χ0) is 19.9. The lowest BCUT2D eigenvalue weighted by Gasteiger charge is -2.09. The number of primary amides is 1. The molecular formula is C20H24IN5O3. The summed E-state index contributed by atoms with van der Waals surface area (Å²) in [7, 11) is 0. The van der Waals surface area contributed by atoms with Gasteiger partial charge in [-0.05, 0) is 38.1 Å². The summed E-state index contributed by atoms with van der Waals surface area (Å²) in [6.07, 6.45) is 1.61. The molecular weight excluding hydrogens is 485 g/mol. The first-order valence-electron chi connectivity index (χ1n) is 8.97. The quantitative estimate of drug-likeness (QED) is 0.256. The molecule has 0 radical (unpaired) electrons. The van der Waals surface area contributed by atoms with E-state index in [1.807, 2.05) is 38.1 Å².